The number of benzene rings is 2. The number of carbonyl (C=O) groups is 1. The van der Waals surface area contributed by atoms with Crippen molar-refractivity contribution in [3.05, 3.63) is 54.1 Å². The van der Waals surface area contributed by atoms with Gasteiger partial charge in [0.2, 0.25) is 15.9 Å². The van der Waals surface area contributed by atoms with Crippen molar-refractivity contribution in [2.24, 2.45) is 0 Å². The van der Waals surface area contributed by atoms with E-state index in [1.165, 1.54) is 4.90 Å². The number of halogens is 2. The van der Waals surface area contributed by atoms with Crippen molar-refractivity contribution >= 4 is 21.6 Å². The largest absolute Gasteiger partial charge is 0.494 e. The molecular formula is C18H18F2N2O4S. The Morgan fingerprint density at radius 3 is 2.56 bits per heavy atom. The van der Waals surface area contributed by atoms with Gasteiger partial charge in [-0.25, -0.2) is 21.9 Å². The predicted octanol–water partition coefficient (Wildman–Crippen LogP) is 2.45. The molecule has 6 nitrogen and oxygen atoms in total. The lowest BCUT2D eigenvalue weighted by Crippen LogP contribution is -2.37. The van der Waals surface area contributed by atoms with Crippen LogP contribution in [0.25, 0.3) is 0 Å². The van der Waals surface area contributed by atoms with E-state index in [0.717, 1.165) is 12.1 Å². The van der Waals surface area contributed by atoms with Crippen molar-refractivity contribution in [2.45, 2.75) is 24.3 Å². The molecule has 0 bridgehead atoms. The first-order valence-electron chi connectivity index (χ1n) is 8.31. The number of nitrogens with one attached hydrogen (secondary N) is 1. The summed E-state index contributed by atoms with van der Waals surface area (Å²) in [7, 11) is -4.30. The second-order valence-corrected chi connectivity index (χ2v) is 7.71. The molecule has 1 aliphatic rings. The van der Waals surface area contributed by atoms with E-state index in [1.54, 1.807) is 24.3 Å². The maximum absolute atomic E-state index is 13.8. The summed E-state index contributed by atoms with van der Waals surface area (Å²) in [6.45, 7) is 2.46. The predicted molar refractivity (Wildman–Crippen MR) is 95.0 cm³/mol. The van der Waals surface area contributed by atoms with Crippen LogP contribution in [0.4, 0.5) is 14.5 Å². The molecule has 0 unspecified atom stereocenters. The van der Waals surface area contributed by atoms with Crippen LogP contribution in [0.15, 0.2) is 47.4 Å². The van der Waals surface area contributed by atoms with Gasteiger partial charge in [0.05, 0.1) is 6.61 Å². The molecule has 3 rings (SSSR count). The third kappa shape index (κ3) is 4.25. The van der Waals surface area contributed by atoms with Gasteiger partial charge in [0.1, 0.15) is 22.3 Å². The zero-order valence-corrected chi connectivity index (χ0v) is 15.3. The van der Waals surface area contributed by atoms with Crippen LogP contribution in [-0.4, -0.2) is 33.5 Å². The molecular weight excluding hydrogens is 378 g/mol. The SMILES string of the molecule is CCOc1ccc(N2C[C@H](NS(=O)(=O)c3cc(F)ccc3F)CC2=O)cc1. The minimum atomic E-state index is -4.30. The fourth-order valence-electron chi connectivity index (χ4n) is 2.89. The van der Waals surface area contributed by atoms with Gasteiger partial charge in [-0.05, 0) is 49.4 Å². The first-order valence-corrected chi connectivity index (χ1v) is 9.79. The maximum Gasteiger partial charge on any atom is 0.243 e. The molecule has 1 saturated heterocycles. The summed E-state index contributed by atoms with van der Waals surface area (Å²) in [5.41, 5.74) is 0.599. The van der Waals surface area contributed by atoms with E-state index in [4.69, 9.17) is 4.74 Å². The van der Waals surface area contributed by atoms with Crippen molar-refractivity contribution in [3.8, 4) is 5.75 Å². The standard InChI is InChI=1S/C18H18F2N2O4S/c1-2-26-15-6-4-14(5-7-15)22-11-13(10-18(22)23)21-27(24,25)17-9-12(19)3-8-16(17)20/h3-9,13,21H,2,10-11H2,1H3/t13-/m1/s1. The summed E-state index contributed by atoms with van der Waals surface area (Å²) in [6.07, 6.45) is -0.0800. The number of ether oxygens (including phenoxy) is 1. The third-order valence-corrected chi connectivity index (χ3v) is 5.62. The summed E-state index contributed by atoms with van der Waals surface area (Å²) in [5, 5.41) is 0. The van der Waals surface area contributed by atoms with Crippen molar-refractivity contribution in [3.63, 3.8) is 0 Å². The molecule has 2 aromatic carbocycles. The number of nitrogens with zero attached hydrogens (tertiary/aromatic N) is 1. The summed E-state index contributed by atoms with van der Waals surface area (Å²) < 4.78 is 59.4. The lowest BCUT2D eigenvalue weighted by Gasteiger charge is -2.18. The molecule has 1 amide bonds. The monoisotopic (exact) mass is 396 g/mol. The Morgan fingerprint density at radius 2 is 1.89 bits per heavy atom. The fraction of sp³-hybridized carbons (Fsp3) is 0.278. The van der Waals surface area contributed by atoms with Crippen LogP contribution in [0.3, 0.4) is 0 Å². The Hall–Kier alpha value is -2.52. The number of carbonyl (C=O) groups excluding carboxylic acids is 1. The van der Waals surface area contributed by atoms with Crippen LogP contribution < -0.4 is 14.4 Å². The number of rotatable bonds is 6. The highest BCUT2D eigenvalue weighted by Crippen LogP contribution is 2.25. The first kappa shape index (κ1) is 19.2. The lowest BCUT2D eigenvalue weighted by atomic mass is 10.3. The molecule has 1 heterocycles. The average molecular weight is 396 g/mol. The van der Waals surface area contributed by atoms with E-state index >= 15 is 0 Å². The molecule has 0 saturated carbocycles. The van der Waals surface area contributed by atoms with Gasteiger partial charge in [-0.1, -0.05) is 0 Å². The van der Waals surface area contributed by atoms with E-state index in [2.05, 4.69) is 4.72 Å². The zero-order valence-electron chi connectivity index (χ0n) is 14.5. The van der Waals surface area contributed by atoms with Crippen LogP contribution in [-0.2, 0) is 14.8 Å². The van der Waals surface area contributed by atoms with Crippen molar-refractivity contribution in [2.75, 3.05) is 18.1 Å². The van der Waals surface area contributed by atoms with Gasteiger partial charge >= 0.3 is 0 Å². The Balaban J connectivity index is 1.74. The number of hydrogen-bond donors (Lipinski definition) is 1. The molecule has 1 fully saturated rings. The van der Waals surface area contributed by atoms with Gasteiger partial charge < -0.3 is 9.64 Å². The second-order valence-electron chi connectivity index (χ2n) is 6.03. The molecule has 0 radical (unpaired) electrons. The van der Waals surface area contributed by atoms with Crippen LogP contribution in [0.1, 0.15) is 13.3 Å². The Labute approximate surface area is 155 Å². The molecule has 0 aromatic heterocycles. The van der Waals surface area contributed by atoms with Gasteiger partial charge in [0.25, 0.3) is 0 Å². The molecule has 0 aliphatic carbocycles. The average Bonchev–Trinajstić information content (AvgIpc) is 2.97. The number of hydrogen-bond acceptors (Lipinski definition) is 4. The van der Waals surface area contributed by atoms with Crippen molar-refractivity contribution in [1.82, 2.24) is 4.72 Å². The van der Waals surface area contributed by atoms with Crippen molar-refractivity contribution in [1.29, 1.82) is 0 Å². The zero-order chi connectivity index (χ0) is 19.6. The summed E-state index contributed by atoms with van der Waals surface area (Å²) in [6, 6.07) is 8.27. The Morgan fingerprint density at radius 1 is 1.19 bits per heavy atom. The number of sulfonamides is 1. The van der Waals surface area contributed by atoms with Gasteiger partial charge in [-0.2, -0.15) is 0 Å². The summed E-state index contributed by atoms with van der Waals surface area (Å²) >= 11 is 0. The highest BCUT2D eigenvalue weighted by atomic mass is 32.2. The van der Waals surface area contributed by atoms with E-state index < -0.39 is 32.6 Å². The first-order chi connectivity index (χ1) is 12.8. The van der Waals surface area contributed by atoms with Crippen LogP contribution in [0.5, 0.6) is 5.75 Å². The molecule has 9 heteroatoms. The van der Waals surface area contributed by atoms with Gasteiger partial charge in [0.15, 0.2) is 0 Å². The Kier molecular flexibility index (Phi) is 5.43. The quantitative estimate of drug-likeness (QED) is 0.814. The topological polar surface area (TPSA) is 75.7 Å². The smallest absolute Gasteiger partial charge is 0.243 e. The van der Waals surface area contributed by atoms with Crippen LogP contribution >= 0.6 is 0 Å². The van der Waals surface area contributed by atoms with E-state index in [0.29, 0.717) is 24.1 Å². The molecule has 1 N–H and O–H groups in total. The van der Waals surface area contributed by atoms with E-state index in [9.17, 15) is 22.0 Å². The second kappa shape index (κ2) is 7.61. The minimum Gasteiger partial charge on any atom is -0.494 e. The molecule has 0 spiro atoms. The molecule has 1 aliphatic heterocycles. The highest BCUT2D eigenvalue weighted by Gasteiger charge is 2.34. The summed E-state index contributed by atoms with van der Waals surface area (Å²) in [5.74, 6) is -1.54. The van der Waals surface area contributed by atoms with E-state index in [-0.39, 0.29) is 18.9 Å². The van der Waals surface area contributed by atoms with Gasteiger partial charge in [0, 0.05) is 24.7 Å². The van der Waals surface area contributed by atoms with Crippen LogP contribution in [0.2, 0.25) is 0 Å². The third-order valence-electron chi connectivity index (χ3n) is 4.09. The molecule has 1 atom stereocenters. The number of amides is 1. The summed E-state index contributed by atoms with van der Waals surface area (Å²) in [4.78, 5) is 12.9. The number of anilines is 1. The lowest BCUT2D eigenvalue weighted by molar-refractivity contribution is -0.117. The van der Waals surface area contributed by atoms with Crippen LogP contribution in [0, 0.1) is 11.6 Å². The van der Waals surface area contributed by atoms with Gasteiger partial charge in [-0.3, -0.25) is 4.79 Å². The molecule has 144 valence electrons. The molecule has 27 heavy (non-hydrogen) atoms. The normalized spacial score (nSPS) is 17.4. The Bertz CT molecular complexity index is 948. The van der Waals surface area contributed by atoms with Gasteiger partial charge in [-0.15, -0.1) is 0 Å². The maximum atomic E-state index is 13.8. The fourth-order valence-corrected chi connectivity index (χ4v) is 4.21. The highest BCUT2D eigenvalue weighted by molar-refractivity contribution is 7.89. The minimum absolute atomic E-state index is 0.0800. The molecule has 2 aromatic rings. The van der Waals surface area contributed by atoms with E-state index in [1.807, 2.05) is 6.92 Å². The van der Waals surface area contributed by atoms with Crippen molar-refractivity contribution < 1.29 is 26.7 Å².